The molecule has 0 heterocycles. The molecule has 12 heavy (non-hydrogen) atoms. The van der Waals surface area contributed by atoms with E-state index in [1.54, 1.807) is 6.21 Å². The Labute approximate surface area is 74.0 Å². The molecule has 0 fully saturated rings. The maximum absolute atomic E-state index is 8.47. The molecule has 1 N–H and O–H groups in total. The summed E-state index contributed by atoms with van der Waals surface area (Å²) in [7, 11) is 0. The average Bonchev–Trinajstić information content (AvgIpc) is 1.96. The SMILES string of the molecule is CC1=CC(C)C(C=NO)C(C)C1. The molecule has 3 unspecified atom stereocenters. The molecular formula is C10H17NO. The highest BCUT2D eigenvalue weighted by molar-refractivity contribution is 5.61. The molecule has 0 aliphatic heterocycles. The molecule has 2 heteroatoms. The summed E-state index contributed by atoms with van der Waals surface area (Å²) in [6.07, 6.45) is 5.06. The minimum absolute atomic E-state index is 0.402. The zero-order chi connectivity index (χ0) is 9.14. The van der Waals surface area contributed by atoms with Gasteiger partial charge in [-0.2, -0.15) is 0 Å². The predicted molar refractivity (Wildman–Crippen MR) is 50.5 cm³/mol. The molecule has 1 aliphatic carbocycles. The minimum atomic E-state index is 0.402. The third-order valence-corrected chi connectivity index (χ3v) is 2.69. The van der Waals surface area contributed by atoms with Gasteiger partial charge in [-0.3, -0.25) is 0 Å². The molecule has 2 nitrogen and oxygen atoms in total. The van der Waals surface area contributed by atoms with E-state index in [2.05, 4.69) is 32.0 Å². The molecular weight excluding hydrogens is 150 g/mol. The van der Waals surface area contributed by atoms with Crippen molar-refractivity contribution in [2.75, 3.05) is 0 Å². The van der Waals surface area contributed by atoms with Gasteiger partial charge in [-0.05, 0) is 25.2 Å². The number of rotatable bonds is 1. The monoisotopic (exact) mass is 167 g/mol. The average molecular weight is 167 g/mol. The van der Waals surface area contributed by atoms with Crippen molar-refractivity contribution >= 4 is 6.21 Å². The van der Waals surface area contributed by atoms with Crippen molar-refractivity contribution in [2.45, 2.75) is 27.2 Å². The van der Waals surface area contributed by atoms with Crippen molar-refractivity contribution < 1.29 is 5.21 Å². The zero-order valence-electron chi connectivity index (χ0n) is 7.99. The van der Waals surface area contributed by atoms with Crippen LogP contribution in [0.25, 0.3) is 0 Å². The Morgan fingerprint density at radius 3 is 2.75 bits per heavy atom. The van der Waals surface area contributed by atoms with Crippen LogP contribution in [0.2, 0.25) is 0 Å². The summed E-state index contributed by atoms with van der Waals surface area (Å²) in [4.78, 5) is 0. The van der Waals surface area contributed by atoms with Crippen molar-refractivity contribution in [1.29, 1.82) is 0 Å². The van der Waals surface area contributed by atoms with E-state index in [1.807, 2.05) is 0 Å². The largest absolute Gasteiger partial charge is 0.411 e. The Kier molecular flexibility index (Phi) is 2.90. The van der Waals surface area contributed by atoms with Gasteiger partial charge in [-0.15, -0.1) is 5.16 Å². The van der Waals surface area contributed by atoms with Gasteiger partial charge in [0.25, 0.3) is 0 Å². The predicted octanol–water partition coefficient (Wildman–Crippen LogP) is 2.68. The number of oxime groups is 1. The summed E-state index contributed by atoms with van der Waals surface area (Å²) in [5.41, 5.74) is 1.46. The van der Waals surface area contributed by atoms with Gasteiger partial charge in [0.1, 0.15) is 0 Å². The van der Waals surface area contributed by atoms with Gasteiger partial charge in [-0.25, -0.2) is 0 Å². The normalized spacial score (nSPS) is 36.9. The first-order valence-electron chi connectivity index (χ1n) is 4.50. The van der Waals surface area contributed by atoms with E-state index < -0.39 is 0 Å². The fourth-order valence-corrected chi connectivity index (χ4v) is 2.15. The van der Waals surface area contributed by atoms with E-state index >= 15 is 0 Å². The van der Waals surface area contributed by atoms with Gasteiger partial charge >= 0.3 is 0 Å². The van der Waals surface area contributed by atoms with Crippen LogP contribution in [0.4, 0.5) is 0 Å². The molecule has 0 spiro atoms. The first-order chi connectivity index (χ1) is 5.65. The van der Waals surface area contributed by atoms with Crippen molar-refractivity contribution in [3.63, 3.8) is 0 Å². The van der Waals surface area contributed by atoms with Crippen molar-refractivity contribution in [1.82, 2.24) is 0 Å². The first kappa shape index (κ1) is 9.30. The van der Waals surface area contributed by atoms with Crippen LogP contribution in [0.15, 0.2) is 16.8 Å². The summed E-state index contributed by atoms with van der Waals surface area (Å²) in [5.74, 6) is 1.50. The standard InChI is InChI=1S/C10H17NO/c1-7-4-8(2)10(6-11-12)9(3)5-7/h4,6,8-10,12H,5H2,1-3H3. The summed E-state index contributed by atoms with van der Waals surface area (Å²) >= 11 is 0. The van der Waals surface area contributed by atoms with Crippen molar-refractivity contribution in [3.8, 4) is 0 Å². The number of hydrogen-bond donors (Lipinski definition) is 1. The third-order valence-electron chi connectivity index (χ3n) is 2.69. The molecule has 0 saturated carbocycles. The molecule has 0 amide bonds. The molecule has 0 aromatic heterocycles. The smallest absolute Gasteiger partial charge is 0.0475 e. The molecule has 0 aromatic rings. The summed E-state index contributed by atoms with van der Waals surface area (Å²) in [6.45, 7) is 6.55. The highest BCUT2D eigenvalue weighted by Crippen LogP contribution is 2.31. The second-order valence-electron chi connectivity index (χ2n) is 3.90. The molecule has 0 aromatic carbocycles. The first-order valence-corrected chi connectivity index (χ1v) is 4.50. The highest BCUT2D eigenvalue weighted by Gasteiger charge is 2.25. The highest BCUT2D eigenvalue weighted by atomic mass is 16.4. The maximum Gasteiger partial charge on any atom is 0.0475 e. The van der Waals surface area contributed by atoms with E-state index in [-0.39, 0.29) is 0 Å². The number of allylic oxidation sites excluding steroid dienone is 2. The van der Waals surface area contributed by atoms with Crippen LogP contribution >= 0.6 is 0 Å². The molecule has 0 saturated heterocycles. The summed E-state index contributed by atoms with van der Waals surface area (Å²) < 4.78 is 0. The van der Waals surface area contributed by atoms with Crippen LogP contribution in [0.3, 0.4) is 0 Å². The van der Waals surface area contributed by atoms with Gasteiger partial charge in [0.15, 0.2) is 0 Å². The number of hydrogen-bond acceptors (Lipinski definition) is 2. The van der Waals surface area contributed by atoms with Crippen LogP contribution in [-0.4, -0.2) is 11.4 Å². The van der Waals surface area contributed by atoms with E-state index in [9.17, 15) is 0 Å². The minimum Gasteiger partial charge on any atom is -0.411 e. The van der Waals surface area contributed by atoms with Crippen molar-refractivity contribution in [2.24, 2.45) is 22.9 Å². The Morgan fingerprint density at radius 2 is 2.25 bits per heavy atom. The quantitative estimate of drug-likeness (QED) is 0.277. The lowest BCUT2D eigenvalue weighted by Gasteiger charge is -2.29. The lowest BCUT2D eigenvalue weighted by molar-refractivity contribution is 0.303. The van der Waals surface area contributed by atoms with Crippen molar-refractivity contribution in [3.05, 3.63) is 11.6 Å². The van der Waals surface area contributed by atoms with E-state index in [0.717, 1.165) is 6.42 Å². The Hall–Kier alpha value is -0.790. The molecule has 1 rings (SSSR count). The lowest BCUT2D eigenvalue weighted by atomic mass is 9.76. The van der Waals surface area contributed by atoms with Gasteiger partial charge in [0.2, 0.25) is 0 Å². The fourth-order valence-electron chi connectivity index (χ4n) is 2.15. The Balaban J connectivity index is 2.75. The van der Waals surface area contributed by atoms with Gasteiger partial charge in [0, 0.05) is 12.1 Å². The van der Waals surface area contributed by atoms with Crippen LogP contribution < -0.4 is 0 Å². The maximum atomic E-state index is 8.47. The third kappa shape index (κ3) is 1.87. The van der Waals surface area contributed by atoms with E-state index in [1.165, 1.54) is 5.57 Å². The molecule has 1 aliphatic rings. The topological polar surface area (TPSA) is 32.6 Å². The van der Waals surface area contributed by atoms with Gasteiger partial charge < -0.3 is 5.21 Å². The van der Waals surface area contributed by atoms with Crippen LogP contribution in [-0.2, 0) is 0 Å². The summed E-state index contributed by atoms with van der Waals surface area (Å²) in [6, 6.07) is 0. The Bertz CT molecular complexity index is 208. The zero-order valence-corrected chi connectivity index (χ0v) is 7.99. The summed E-state index contributed by atoms with van der Waals surface area (Å²) in [5, 5.41) is 11.6. The molecule has 0 radical (unpaired) electrons. The van der Waals surface area contributed by atoms with Crippen LogP contribution in [0, 0.1) is 17.8 Å². The van der Waals surface area contributed by atoms with Gasteiger partial charge in [0.05, 0.1) is 0 Å². The Morgan fingerprint density at radius 1 is 1.58 bits per heavy atom. The van der Waals surface area contributed by atoms with Crippen LogP contribution in [0.1, 0.15) is 27.2 Å². The molecule has 0 bridgehead atoms. The second kappa shape index (κ2) is 3.74. The molecule has 68 valence electrons. The van der Waals surface area contributed by atoms with E-state index in [0.29, 0.717) is 17.8 Å². The van der Waals surface area contributed by atoms with E-state index in [4.69, 9.17) is 5.21 Å². The lowest BCUT2D eigenvalue weighted by Crippen LogP contribution is -2.24. The van der Waals surface area contributed by atoms with Crippen LogP contribution in [0.5, 0.6) is 0 Å². The number of nitrogens with zero attached hydrogens (tertiary/aromatic N) is 1. The fraction of sp³-hybridized carbons (Fsp3) is 0.700. The molecule has 3 atom stereocenters. The second-order valence-corrected chi connectivity index (χ2v) is 3.90. The van der Waals surface area contributed by atoms with Gasteiger partial charge in [-0.1, -0.05) is 25.5 Å².